The van der Waals surface area contributed by atoms with Gasteiger partial charge in [-0.3, -0.25) is 11.3 Å². The number of rotatable bonds is 3. The molecule has 1 fully saturated rings. The molecule has 1 aliphatic carbocycles. The summed E-state index contributed by atoms with van der Waals surface area (Å²) in [4.78, 5) is 0. The zero-order chi connectivity index (χ0) is 10.8. The van der Waals surface area contributed by atoms with Gasteiger partial charge in [0.15, 0.2) is 0 Å². The maximum absolute atomic E-state index is 13.7. The van der Waals surface area contributed by atoms with Crippen molar-refractivity contribution in [3.05, 3.63) is 34.1 Å². The van der Waals surface area contributed by atoms with Crippen LogP contribution in [0.5, 0.6) is 0 Å². The van der Waals surface area contributed by atoms with Crippen molar-refractivity contribution in [3.63, 3.8) is 0 Å². The van der Waals surface area contributed by atoms with E-state index in [1.165, 1.54) is 12.5 Å². The van der Waals surface area contributed by atoms with Gasteiger partial charge in [0.2, 0.25) is 0 Å². The molecule has 1 aromatic carbocycles. The molecule has 2 rings (SSSR count). The van der Waals surface area contributed by atoms with Crippen LogP contribution in [-0.2, 0) is 0 Å². The molecule has 0 aromatic heterocycles. The van der Waals surface area contributed by atoms with Crippen LogP contribution in [0.4, 0.5) is 4.39 Å². The fourth-order valence-electron chi connectivity index (χ4n) is 2.04. The second-order valence-electron chi connectivity index (χ2n) is 3.97. The van der Waals surface area contributed by atoms with Crippen molar-refractivity contribution in [2.75, 3.05) is 0 Å². The maximum atomic E-state index is 13.7. The first-order valence-corrected chi connectivity index (χ1v) is 5.93. The Bertz CT molecular complexity index is 332. The molecule has 0 amide bonds. The van der Waals surface area contributed by atoms with E-state index in [4.69, 9.17) is 5.84 Å². The molecular weight excluding hydrogens is 259 g/mol. The third kappa shape index (κ3) is 2.07. The number of hydrogen-bond donors (Lipinski definition) is 2. The molecule has 0 aliphatic heterocycles. The Labute approximate surface area is 97.1 Å². The number of halogens is 2. The van der Waals surface area contributed by atoms with Gasteiger partial charge in [-0.25, -0.2) is 4.39 Å². The van der Waals surface area contributed by atoms with Crippen molar-refractivity contribution >= 4 is 15.9 Å². The molecule has 1 unspecified atom stereocenters. The van der Waals surface area contributed by atoms with Crippen LogP contribution in [0.3, 0.4) is 0 Å². The Hall–Kier alpha value is -0.450. The Kier molecular flexibility index (Phi) is 3.38. The number of nitrogens with one attached hydrogen (secondary N) is 1. The van der Waals surface area contributed by atoms with Gasteiger partial charge in [-0.2, -0.15) is 0 Å². The summed E-state index contributed by atoms with van der Waals surface area (Å²) in [5, 5.41) is 0. The van der Waals surface area contributed by atoms with Crippen LogP contribution in [-0.4, -0.2) is 0 Å². The van der Waals surface area contributed by atoms with Crippen LogP contribution in [0.25, 0.3) is 0 Å². The smallest absolute Gasteiger partial charge is 0.129 e. The van der Waals surface area contributed by atoms with Crippen LogP contribution in [0, 0.1) is 11.7 Å². The highest BCUT2D eigenvalue weighted by Crippen LogP contribution is 2.40. The van der Waals surface area contributed by atoms with Crippen molar-refractivity contribution in [1.29, 1.82) is 0 Å². The molecule has 0 heterocycles. The van der Waals surface area contributed by atoms with Gasteiger partial charge < -0.3 is 0 Å². The van der Waals surface area contributed by atoms with E-state index in [1.807, 2.05) is 6.07 Å². The molecule has 0 bridgehead atoms. The van der Waals surface area contributed by atoms with E-state index in [1.54, 1.807) is 6.07 Å². The highest BCUT2D eigenvalue weighted by Gasteiger charge is 2.30. The lowest BCUT2D eigenvalue weighted by Gasteiger charge is -2.34. The van der Waals surface area contributed by atoms with E-state index >= 15 is 0 Å². The number of benzene rings is 1. The molecule has 15 heavy (non-hydrogen) atoms. The van der Waals surface area contributed by atoms with Crippen LogP contribution in [0.2, 0.25) is 0 Å². The summed E-state index contributed by atoms with van der Waals surface area (Å²) >= 11 is 3.37. The van der Waals surface area contributed by atoms with Crippen LogP contribution in [0.15, 0.2) is 22.7 Å². The van der Waals surface area contributed by atoms with Gasteiger partial charge in [-0.15, -0.1) is 0 Å². The highest BCUT2D eigenvalue weighted by atomic mass is 79.9. The molecule has 0 spiro atoms. The second-order valence-corrected chi connectivity index (χ2v) is 4.82. The van der Waals surface area contributed by atoms with Crippen molar-refractivity contribution in [1.82, 2.24) is 5.43 Å². The maximum Gasteiger partial charge on any atom is 0.129 e. The van der Waals surface area contributed by atoms with Crippen LogP contribution in [0.1, 0.15) is 30.9 Å². The summed E-state index contributed by atoms with van der Waals surface area (Å²) in [6.07, 6.45) is 3.46. The van der Waals surface area contributed by atoms with Gasteiger partial charge in [0, 0.05) is 10.0 Å². The molecule has 3 N–H and O–H groups in total. The van der Waals surface area contributed by atoms with Gasteiger partial charge in [0.1, 0.15) is 5.82 Å². The fraction of sp³-hybridized carbons (Fsp3) is 0.455. The summed E-state index contributed by atoms with van der Waals surface area (Å²) in [5.74, 6) is 5.78. The SMILES string of the molecule is NNC(c1c(F)cccc1Br)C1CCC1. The zero-order valence-electron chi connectivity index (χ0n) is 8.34. The topological polar surface area (TPSA) is 38.0 Å². The normalized spacial score (nSPS) is 18.6. The molecule has 4 heteroatoms. The summed E-state index contributed by atoms with van der Waals surface area (Å²) < 4.78 is 14.5. The number of nitrogens with two attached hydrogens (primary N) is 1. The van der Waals surface area contributed by atoms with Gasteiger partial charge in [-0.1, -0.05) is 28.4 Å². The lowest BCUT2D eigenvalue weighted by molar-refractivity contribution is 0.227. The quantitative estimate of drug-likeness (QED) is 0.656. The number of hydrazine groups is 1. The van der Waals surface area contributed by atoms with Gasteiger partial charge in [-0.05, 0) is 30.9 Å². The van der Waals surface area contributed by atoms with E-state index < -0.39 is 0 Å². The van der Waals surface area contributed by atoms with E-state index in [0.29, 0.717) is 11.5 Å². The van der Waals surface area contributed by atoms with Crippen molar-refractivity contribution in [3.8, 4) is 0 Å². The molecule has 1 aromatic rings. The minimum absolute atomic E-state index is 0.0747. The first-order valence-electron chi connectivity index (χ1n) is 5.14. The molecular formula is C11H14BrFN2. The highest BCUT2D eigenvalue weighted by molar-refractivity contribution is 9.10. The number of hydrogen-bond acceptors (Lipinski definition) is 2. The largest absolute Gasteiger partial charge is 0.271 e. The summed E-state index contributed by atoms with van der Waals surface area (Å²) in [5.41, 5.74) is 3.39. The standard InChI is InChI=1S/C11H14BrFN2/c12-8-5-2-6-9(13)10(8)11(15-14)7-3-1-4-7/h2,5-7,11,15H,1,3-4,14H2. The molecule has 82 valence electrons. The summed E-state index contributed by atoms with van der Waals surface area (Å²) in [7, 11) is 0. The fourth-order valence-corrected chi connectivity index (χ4v) is 2.62. The lowest BCUT2D eigenvalue weighted by Crippen LogP contribution is -2.37. The monoisotopic (exact) mass is 272 g/mol. The summed E-state index contributed by atoms with van der Waals surface area (Å²) in [6.45, 7) is 0. The van der Waals surface area contributed by atoms with E-state index in [0.717, 1.165) is 17.3 Å². The third-order valence-corrected chi connectivity index (χ3v) is 3.80. The average molecular weight is 273 g/mol. The third-order valence-electron chi connectivity index (χ3n) is 3.11. The van der Waals surface area contributed by atoms with Gasteiger partial charge >= 0.3 is 0 Å². The summed E-state index contributed by atoms with van der Waals surface area (Å²) in [6, 6.07) is 4.94. The van der Waals surface area contributed by atoms with Crippen molar-refractivity contribution in [2.45, 2.75) is 25.3 Å². The minimum atomic E-state index is -0.195. The van der Waals surface area contributed by atoms with E-state index in [-0.39, 0.29) is 11.9 Å². The molecule has 1 aliphatic rings. The van der Waals surface area contributed by atoms with Gasteiger partial charge in [0.25, 0.3) is 0 Å². The lowest BCUT2D eigenvalue weighted by atomic mass is 9.77. The Morgan fingerprint density at radius 3 is 2.67 bits per heavy atom. The average Bonchev–Trinajstić information content (AvgIpc) is 2.12. The zero-order valence-corrected chi connectivity index (χ0v) is 9.93. The van der Waals surface area contributed by atoms with Crippen LogP contribution < -0.4 is 11.3 Å². The first-order chi connectivity index (χ1) is 7.24. The van der Waals surface area contributed by atoms with E-state index in [2.05, 4.69) is 21.4 Å². The van der Waals surface area contributed by atoms with Crippen molar-refractivity contribution < 1.29 is 4.39 Å². The van der Waals surface area contributed by atoms with Crippen LogP contribution >= 0.6 is 15.9 Å². The van der Waals surface area contributed by atoms with Gasteiger partial charge in [0.05, 0.1) is 6.04 Å². The predicted molar refractivity (Wildman–Crippen MR) is 61.5 cm³/mol. The first kappa shape index (κ1) is 11.0. The molecule has 0 radical (unpaired) electrons. The Morgan fingerprint density at radius 2 is 2.20 bits per heavy atom. The Morgan fingerprint density at radius 1 is 1.47 bits per heavy atom. The molecule has 2 nitrogen and oxygen atoms in total. The predicted octanol–water partition coefficient (Wildman–Crippen LogP) is 2.89. The second kappa shape index (κ2) is 4.60. The minimum Gasteiger partial charge on any atom is -0.271 e. The van der Waals surface area contributed by atoms with E-state index in [9.17, 15) is 4.39 Å². The molecule has 1 atom stereocenters. The van der Waals surface area contributed by atoms with Crippen molar-refractivity contribution in [2.24, 2.45) is 11.8 Å². The Balaban J connectivity index is 2.32. The molecule has 0 saturated heterocycles. The molecule has 1 saturated carbocycles.